The summed E-state index contributed by atoms with van der Waals surface area (Å²) in [6.07, 6.45) is 0. The van der Waals surface area contributed by atoms with Crippen molar-refractivity contribution in [1.82, 2.24) is 4.98 Å². The fourth-order valence-electron chi connectivity index (χ4n) is 2.00. The lowest BCUT2D eigenvalue weighted by molar-refractivity contribution is 1.32. The van der Waals surface area contributed by atoms with Gasteiger partial charge in [0.15, 0.2) is 5.13 Å². The number of hydrogen-bond acceptors (Lipinski definition) is 4. The highest BCUT2D eigenvalue weighted by Gasteiger charge is 2.06. The zero-order valence-electron chi connectivity index (χ0n) is 10.9. The number of hydrogen-bond donors (Lipinski definition) is 2. The summed E-state index contributed by atoms with van der Waals surface area (Å²) in [5, 5.41) is 4.29. The second-order valence-electron chi connectivity index (χ2n) is 4.62. The van der Waals surface area contributed by atoms with Gasteiger partial charge in [-0.1, -0.05) is 23.5 Å². The van der Waals surface area contributed by atoms with E-state index in [4.69, 9.17) is 5.73 Å². The molecule has 3 aromatic rings. The smallest absolute Gasteiger partial charge is 0.188 e. The van der Waals surface area contributed by atoms with Gasteiger partial charge < -0.3 is 11.1 Å². The molecule has 0 amide bonds. The summed E-state index contributed by atoms with van der Waals surface area (Å²) in [6.45, 7) is 4.22. The van der Waals surface area contributed by atoms with Crippen LogP contribution in [0.1, 0.15) is 11.1 Å². The van der Waals surface area contributed by atoms with Crippen LogP contribution in [0, 0.1) is 13.8 Å². The molecule has 3 rings (SSSR count). The third-order valence-electron chi connectivity index (χ3n) is 3.26. The zero-order chi connectivity index (χ0) is 13.4. The van der Waals surface area contributed by atoms with Crippen molar-refractivity contribution in [2.75, 3.05) is 11.1 Å². The second kappa shape index (κ2) is 4.55. The summed E-state index contributed by atoms with van der Waals surface area (Å²) < 4.78 is 1.10. The molecule has 0 spiro atoms. The van der Waals surface area contributed by atoms with Crippen molar-refractivity contribution in [3.63, 3.8) is 0 Å². The van der Waals surface area contributed by atoms with Gasteiger partial charge in [-0.15, -0.1) is 0 Å². The summed E-state index contributed by atoms with van der Waals surface area (Å²) in [6, 6.07) is 12.0. The summed E-state index contributed by atoms with van der Waals surface area (Å²) in [5.74, 6) is 0. The molecule has 0 fully saturated rings. The van der Waals surface area contributed by atoms with Gasteiger partial charge in [0.2, 0.25) is 0 Å². The molecule has 0 aliphatic carbocycles. The fourth-order valence-corrected chi connectivity index (χ4v) is 2.92. The molecule has 0 unspecified atom stereocenters. The average molecular weight is 269 g/mol. The van der Waals surface area contributed by atoms with Crippen LogP contribution in [0.25, 0.3) is 10.2 Å². The molecule has 0 aliphatic rings. The normalized spacial score (nSPS) is 10.8. The molecule has 19 heavy (non-hydrogen) atoms. The number of nitrogens with one attached hydrogen (secondary N) is 1. The number of rotatable bonds is 2. The Morgan fingerprint density at radius 3 is 2.84 bits per heavy atom. The number of nitrogens with zero attached hydrogens (tertiary/aromatic N) is 1. The Morgan fingerprint density at radius 1 is 1.16 bits per heavy atom. The summed E-state index contributed by atoms with van der Waals surface area (Å²) in [7, 11) is 0. The van der Waals surface area contributed by atoms with Crippen LogP contribution in [0.2, 0.25) is 0 Å². The molecule has 4 heteroatoms. The van der Waals surface area contributed by atoms with Gasteiger partial charge in [0.1, 0.15) is 0 Å². The van der Waals surface area contributed by atoms with Crippen LogP contribution >= 0.6 is 11.3 Å². The maximum atomic E-state index is 5.79. The minimum atomic E-state index is 0.773. The van der Waals surface area contributed by atoms with E-state index in [9.17, 15) is 0 Å². The number of benzene rings is 2. The van der Waals surface area contributed by atoms with Crippen molar-refractivity contribution in [1.29, 1.82) is 0 Å². The molecule has 0 saturated carbocycles. The van der Waals surface area contributed by atoms with E-state index < -0.39 is 0 Å². The summed E-state index contributed by atoms with van der Waals surface area (Å²) in [4.78, 5) is 4.57. The molecule has 0 atom stereocenters. The molecular weight excluding hydrogens is 254 g/mol. The average Bonchev–Trinajstić information content (AvgIpc) is 2.76. The first kappa shape index (κ1) is 12.0. The molecule has 1 aromatic heterocycles. The minimum absolute atomic E-state index is 0.773. The Labute approximate surface area is 116 Å². The molecule has 3 N–H and O–H groups in total. The number of nitrogen functional groups attached to an aromatic ring is 1. The number of nitrogens with two attached hydrogens (primary N) is 1. The number of fused-ring (bicyclic) bond motifs is 1. The molecule has 0 aliphatic heterocycles. The van der Waals surface area contributed by atoms with Gasteiger partial charge in [0.25, 0.3) is 0 Å². The van der Waals surface area contributed by atoms with E-state index in [-0.39, 0.29) is 0 Å². The molecule has 0 radical (unpaired) electrons. The number of aromatic nitrogens is 1. The van der Waals surface area contributed by atoms with Gasteiger partial charge in [0.05, 0.1) is 10.2 Å². The molecule has 0 bridgehead atoms. The Morgan fingerprint density at radius 2 is 2.00 bits per heavy atom. The maximum Gasteiger partial charge on any atom is 0.188 e. The van der Waals surface area contributed by atoms with Crippen LogP contribution in [0.3, 0.4) is 0 Å². The number of anilines is 3. The zero-order valence-corrected chi connectivity index (χ0v) is 11.7. The lowest BCUT2D eigenvalue weighted by Crippen LogP contribution is -1.93. The van der Waals surface area contributed by atoms with Crippen LogP contribution in [0.15, 0.2) is 36.4 Å². The highest BCUT2D eigenvalue weighted by molar-refractivity contribution is 7.22. The van der Waals surface area contributed by atoms with Gasteiger partial charge in [-0.2, -0.15) is 0 Å². The summed E-state index contributed by atoms with van der Waals surface area (Å²) >= 11 is 1.62. The minimum Gasteiger partial charge on any atom is -0.399 e. The van der Waals surface area contributed by atoms with Crippen molar-refractivity contribution in [3.05, 3.63) is 47.5 Å². The molecule has 96 valence electrons. The van der Waals surface area contributed by atoms with Crippen molar-refractivity contribution in [2.45, 2.75) is 13.8 Å². The molecular formula is C15H15N3S. The lowest BCUT2D eigenvalue weighted by atomic mass is 10.1. The van der Waals surface area contributed by atoms with E-state index in [1.54, 1.807) is 11.3 Å². The first-order valence-electron chi connectivity index (χ1n) is 6.13. The van der Waals surface area contributed by atoms with Gasteiger partial charge >= 0.3 is 0 Å². The van der Waals surface area contributed by atoms with Crippen LogP contribution < -0.4 is 11.1 Å². The first-order valence-corrected chi connectivity index (χ1v) is 6.94. The van der Waals surface area contributed by atoms with Gasteiger partial charge in [-0.05, 0) is 49.2 Å². The van der Waals surface area contributed by atoms with Crippen LogP contribution in [-0.2, 0) is 0 Å². The van der Waals surface area contributed by atoms with Gasteiger partial charge in [0, 0.05) is 11.4 Å². The van der Waals surface area contributed by atoms with Gasteiger partial charge in [-0.25, -0.2) is 4.98 Å². The molecule has 0 saturated heterocycles. The van der Waals surface area contributed by atoms with Crippen molar-refractivity contribution in [3.8, 4) is 0 Å². The largest absolute Gasteiger partial charge is 0.399 e. The van der Waals surface area contributed by atoms with E-state index >= 15 is 0 Å². The molecule has 1 heterocycles. The van der Waals surface area contributed by atoms with E-state index in [1.807, 2.05) is 18.2 Å². The lowest BCUT2D eigenvalue weighted by Gasteiger charge is -2.08. The number of thiazole rings is 1. The van der Waals surface area contributed by atoms with Gasteiger partial charge in [-0.3, -0.25) is 0 Å². The Hall–Kier alpha value is -2.07. The SMILES string of the molecule is Cc1cccc(Nc2nc3ccc(N)cc3s2)c1C. The van der Waals surface area contributed by atoms with Crippen molar-refractivity contribution >= 4 is 38.1 Å². The predicted octanol–water partition coefficient (Wildman–Crippen LogP) is 4.24. The quantitative estimate of drug-likeness (QED) is 0.684. The maximum absolute atomic E-state index is 5.79. The first-order chi connectivity index (χ1) is 9.13. The third-order valence-corrected chi connectivity index (χ3v) is 4.19. The fraction of sp³-hybridized carbons (Fsp3) is 0.133. The third kappa shape index (κ3) is 2.27. The van der Waals surface area contributed by atoms with E-state index in [0.717, 1.165) is 26.7 Å². The Kier molecular flexibility index (Phi) is 2.87. The molecule has 2 aromatic carbocycles. The van der Waals surface area contributed by atoms with Crippen molar-refractivity contribution < 1.29 is 0 Å². The van der Waals surface area contributed by atoms with Crippen LogP contribution in [0.4, 0.5) is 16.5 Å². The monoisotopic (exact) mass is 269 g/mol. The molecule has 3 nitrogen and oxygen atoms in total. The standard InChI is InChI=1S/C15H15N3S/c1-9-4-3-5-12(10(9)2)17-15-18-13-7-6-11(16)8-14(13)19-15/h3-8H,16H2,1-2H3,(H,17,18). The highest BCUT2D eigenvalue weighted by atomic mass is 32.1. The Balaban J connectivity index is 1.99. The highest BCUT2D eigenvalue weighted by Crippen LogP contribution is 2.30. The van der Waals surface area contributed by atoms with Crippen LogP contribution in [0.5, 0.6) is 0 Å². The predicted molar refractivity (Wildman–Crippen MR) is 83.2 cm³/mol. The van der Waals surface area contributed by atoms with Crippen LogP contribution in [-0.4, -0.2) is 4.98 Å². The topological polar surface area (TPSA) is 50.9 Å². The van der Waals surface area contributed by atoms with E-state index in [1.165, 1.54) is 11.1 Å². The van der Waals surface area contributed by atoms with Crippen molar-refractivity contribution in [2.24, 2.45) is 0 Å². The van der Waals surface area contributed by atoms with E-state index in [2.05, 4.69) is 42.3 Å². The Bertz CT molecular complexity index is 746. The second-order valence-corrected chi connectivity index (χ2v) is 5.65. The number of aryl methyl sites for hydroxylation is 1. The van der Waals surface area contributed by atoms with E-state index in [0.29, 0.717) is 0 Å². The summed E-state index contributed by atoms with van der Waals surface area (Å²) in [5.41, 5.74) is 11.2.